The van der Waals surface area contributed by atoms with Gasteiger partial charge in [-0.1, -0.05) is 47.3 Å². The summed E-state index contributed by atoms with van der Waals surface area (Å²) < 4.78 is 1.16. The van der Waals surface area contributed by atoms with E-state index in [4.69, 9.17) is 5.73 Å². The van der Waals surface area contributed by atoms with Crippen LogP contribution in [0, 0.1) is 5.92 Å². The average molecular weight is 325 g/mol. The summed E-state index contributed by atoms with van der Waals surface area (Å²) in [5, 5.41) is 0. The SMILES string of the molecule is CN(Cc1cccc(Br)c1)CC1CCCCCC1N. The smallest absolute Gasteiger partial charge is 0.0231 e. The van der Waals surface area contributed by atoms with Gasteiger partial charge in [-0.05, 0) is 43.5 Å². The number of hydrogen-bond donors (Lipinski definition) is 1. The molecule has 19 heavy (non-hydrogen) atoms. The fourth-order valence-electron chi connectivity index (χ4n) is 3.05. The fraction of sp³-hybridized carbons (Fsp3) is 0.625. The number of benzene rings is 1. The lowest BCUT2D eigenvalue weighted by atomic mass is 9.95. The zero-order valence-corrected chi connectivity index (χ0v) is 13.4. The van der Waals surface area contributed by atoms with Gasteiger partial charge in [0.1, 0.15) is 0 Å². The largest absolute Gasteiger partial charge is 0.327 e. The molecule has 1 aliphatic rings. The maximum absolute atomic E-state index is 6.31. The second-order valence-corrected chi connectivity index (χ2v) is 6.80. The number of nitrogens with two attached hydrogens (primary N) is 1. The van der Waals surface area contributed by atoms with Gasteiger partial charge in [0.25, 0.3) is 0 Å². The number of halogens is 1. The lowest BCUT2D eigenvalue weighted by Crippen LogP contribution is -2.37. The number of nitrogens with zero attached hydrogens (tertiary/aromatic N) is 1. The second kappa shape index (κ2) is 7.41. The molecule has 1 aliphatic carbocycles. The average Bonchev–Trinajstić information content (AvgIpc) is 2.55. The van der Waals surface area contributed by atoms with Crippen molar-refractivity contribution in [1.29, 1.82) is 0 Å². The molecule has 0 saturated heterocycles. The monoisotopic (exact) mass is 324 g/mol. The quantitative estimate of drug-likeness (QED) is 0.854. The topological polar surface area (TPSA) is 29.3 Å². The van der Waals surface area contributed by atoms with Crippen molar-refractivity contribution in [3.05, 3.63) is 34.3 Å². The molecule has 0 radical (unpaired) electrons. The molecule has 1 fully saturated rings. The molecule has 0 aliphatic heterocycles. The first-order valence-corrected chi connectivity index (χ1v) is 8.13. The van der Waals surface area contributed by atoms with Crippen LogP contribution in [-0.2, 0) is 6.54 Å². The van der Waals surface area contributed by atoms with Crippen LogP contribution < -0.4 is 5.73 Å². The predicted molar refractivity (Wildman–Crippen MR) is 85.0 cm³/mol. The Bertz CT molecular complexity index is 394. The van der Waals surface area contributed by atoms with Crippen LogP contribution in [0.5, 0.6) is 0 Å². The molecule has 0 aromatic heterocycles. The van der Waals surface area contributed by atoms with Crippen molar-refractivity contribution < 1.29 is 0 Å². The third-order valence-corrected chi connectivity index (χ3v) is 4.60. The van der Waals surface area contributed by atoms with Crippen molar-refractivity contribution >= 4 is 15.9 Å². The Morgan fingerprint density at radius 1 is 1.26 bits per heavy atom. The van der Waals surface area contributed by atoms with Gasteiger partial charge in [-0.25, -0.2) is 0 Å². The molecule has 2 rings (SSSR count). The number of rotatable bonds is 4. The van der Waals surface area contributed by atoms with Crippen molar-refractivity contribution in [3.8, 4) is 0 Å². The molecule has 3 heteroatoms. The van der Waals surface area contributed by atoms with Crippen LogP contribution in [0.4, 0.5) is 0 Å². The second-order valence-electron chi connectivity index (χ2n) is 5.89. The molecule has 0 heterocycles. The van der Waals surface area contributed by atoms with Gasteiger partial charge in [-0.3, -0.25) is 0 Å². The molecule has 2 unspecified atom stereocenters. The summed E-state index contributed by atoms with van der Waals surface area (Å²) in [5.74, 6) is 0.666. The molecule has 1 saturated carbocycles. The molecule has 0 bridgehead atoms. The van der Waals surface area contributed by atoms with Gasteiger partial charge < -0.3 is 10.6 Å². The van der Waals surface area contributed by atoms with Gasteiger partial charge in [0.15, 0.2) is 0 Å². The summed E-state index contributed by atoms with van der Waals surface area (Å²) in [6.45, 7) is 2.12. The first-order chi connectivity index (χ1) is 9.15. The van der Waals surface area contributed by atoms with E-state index in [-0.39, 0.29) is 0 Å². The minimum atomic E-state index is 0.396. The van der Waals surface area contributed by atoms with E-state index in [1.807, 2.05) is 0 Å². The van der Waals surface area contributed by atoms with Crippen LogP contribution in [0.15, 0.2) is 28.7 Å². The highest BCUT2D eigenvalue weighted by atomic mass is 79.9. The van der Waals surface area contributed by atoms with Gasteiger partial charge >= 0.3 is 0 Å². The van der Waals surface area contributed by atoms with E-state index >= 15 is 0 Å². The summed E-state index contributed by atoms with van der Waals surface area (Å²) in [6.07, 6.45) is 6.52. The predicted octanol–water partition coefficient (Wildman–Crippen LogP) is 3.79. The zero-order valence-electron chi connectivity index (χ0n) is 11.8. The van der Waals surface area contributed by atoms with Gasteiger partial charge in [-0.15, -0.1) is 0 Å². The Labute approximate surface area is 125 Å². The van der Waals surface area contributed by atoms with Crippen molar-refractivity contribution in [2.45, 2.75) is 44.7 Å². The van der Waals surface area contributed by atoms with E-state index in [0.29, 0.717) is 12.0 Å². The normalized spacial score (nSPS) is 24.4. The molecule has 106 valence electrons. The Morgan fingerprint density at radius 2 is 2.05 bits per heavy atom. The van der Waals surface area contributed by atoms with Crippen LogP contribution in [0.2, 0.25) is 0 Å². The van der Waals surface area contributed by atoms with Crippen molar-refractivity contribution in [3.63, 3.8) is 0 Å². The molecule has 2 N–H and O–H groups in total. The summed E-state index contributed by atoms with van der Waals surface area (Å²) in [4.78, 5) is 2.41. The Balaban J connectivity index is 1.87. The minimum Gasteiger partial charge on any atom is -0.327 e. The van der Waals surface area contributed by atoms with Crippen LogP contribution >= 0.6 is 15.9 Å². The standard InChI is InChI=1S/C16H25BrN2/c1-19(11-13-6-5-8-15(17)10-13)12-14-7-3-2-4-9-16(14)18/h5-6,8,10,14,16H,2-4,7,9,11-12,18H2,1H3. The summed E-state index contributed by atoms with van der Waals surface area (Å²) in [7, 11) is 2.21. The highest BCUT2D eigenvalue weighted by molar-refractivity contribution is 9.10. The van der Waals surface area contributed by atoms with E-state index in [2.05, 4.69) is 52.1 Å². The van der Waals surface area contributed by atoms with Crippen molar-refractivity contribution in [1.82, 2.24) is 4.90 Å². The molecule has 2 nitrogen and oxygen atoms in total. The summed E-state index contributed by atoms with van der Waals surface area (Å²) in [5.41, 5.74) is 7.67. The maximum atomic E-state index is 6.31. The summed E-state index contributed by atoms with van der Waals surface area (Å²) in [6, 6.07) is 8.96. The fourth-order valence-corrected chi connectivity index (χ4v) is 3.50. The van der Waals surface area contributed by atoms with Crippen molar-refractivity contribution in [2.75, 3.05) is 13.6 Å². The third kappa shape index (κ3) is 4.90. The Hall–Kier alpha value is -0.380. The Morgan fingerprint density at radius 3 is 2.84 bits per heavy atom. The molecule has 0 amide bonds. The van der Waals surface area contributed by atoms with E-state index in [1.165, 1.54) is 37.7 Å². The van der Waals surface area contributed by atoms with E-state index in [0.717, 1.165) is 17.6 Å². The summed E-state index contributed by atoms with van der Waals surface area (Å²) >= 11 is 3.53. The van der Waals surface area contributed by atoms with E-state index in [9.17, 15) is 0 Å². The number of hydrogen-bond acceptors (Lipinski definition) is 2. The lowest BCUT2D eigenvalue weighted by molar-refractivity contribution is 0.237. The van der Waals surface area contributed by atoms with Gasteiger partial charge in [-0.2, -0.15) is 0 Å². The highest BCUT2D eigenvalue weighted by Gasteiger charge is 2.21. The van der Waals surface area contributed by atoms with Crippen molar-refractivity contribution in [2.24, 2.45) is 11.7 Å². The molecular weight excluding hydrogens is 300 g/mol. The molecular formula is C16H25BrN2. The third-order valence-electron chi connectivity index (χ3n) is 4.11. The van der Waals surface area contributed by atoms with Crippen LogP contribution in [-0.4, -0.2) is 24.5 Å². The van der Waals surface area contributed by atoms with E-state index in [1.54, 1.807) is 0 Å². The van der Waals surface area contributed by atoms with Crippen LogP contribution in [0.25, 0.3) is 0 Å². The first-order valence-electron chi connectivity index (χ1n) is 7.33. The maximum Gasteiger partial charge on any atom is 0.0231 e. The molecule has 2 atom stereocenters. The molecule has 0 spiro atoms. The van der Waals surface area contributed by atoms with Gasteiger partial charge in [0, 0.05) is 23.6 Å². The van der Waals surface area contributed by atoms with Crippen LogP contribution in [0.3, 0.4) is 0 Å². The highest BCUT2D eigenvalue weighted by Crippen LogP contribution is 2.23. The van der Waals surface area contributed by atoms with Gasteiger partial charge in [0.2, 0.25) is 0 Å². The molecule has 1 aromatic carbocycles. The Kier molecular flexibility index (Phi) is 5.86. The first kappa shape index (κ1) is 15.0. The van der Waals surface area contributed by atoms with E-state index < -0.39 is 0 Å². The molecule has 1 aromatic rings. The lowest BCUT2D eigenvalue weighted by Gasteiger charge is -2.27. The minimum absolute atomic E-state index is 0.396. The van der Waals surface area contributed by atoms with Gasteiger partial charge in [0.05, 0.1) is 0 Å². The van der Waals surface area contributed by atoms with Crippen LogP contribution in [0.1, 0.15) is 37.7 Å². The zero-order chi connectivity index (χ0) is 13.7.